The highest BCUT2D eigenvalue weighted by Crippen LogP contribution is 2.16. The molecule has 3 aromatic carbocycles. The Morgan fingerprint density at radius 1 is 0.897 bits per heavy atom. The highest BCUT2D eigenvalue weighted by molar-refractivity contribution is 6.30. The zero-order valence-corrected chi connectivity index (χ0v) is 15.8. The number of benzene rings is 3. The van der Waals surface area contributed by atoms with Gasteiger partial charge in [0.05, 0.1) is 5.56 Å². The molecule has 0 fully saturated rings. The molecule has 0 atom stereocenters. The van der Waals surface area contributed by atoms with Crippen LogP contribution in [0.5, 0.6) is 0 Å². The Morgan fingerprint density at radius 2 is 1.59 bits per heavy atom. The first-order chi connectivity index (χ1) is 13.9. The maximum absolute atomic E-state index is 13.7. The van der Waals surface area contributed by atoms with Gasteiger partial charge in [-0.1, -0.05) is 29.8 Å². The molecule has 0 aliphatic rings. The molecule has 1 N–H and O–H groups in total. The predicted octanol–water partition coefficient (Wildman–Crippen LogP) is 4.77. The number of rotatable bonds is 6. The molecule has 1 amide bonds. The molecule has 7 heteroatoms. The van der Waals surface area contributed by atoms with Crippen molar-refractivity contribution in [2.75, 3.05) is 11.9 Å². The average Bonchev–Trinajstić information content (AvgIpc) is 2.73. The summed E-state index contributed by atoms with van der Waals surface area (Å²) in [4.78, 5) is 36.2. The molecule has 0 aliphatic carbocycles. The molecule has 146 valence electrons. The van der Waals surface area contributed by atoms with E-state index in [0.717, 1.165) is 6.07 Å². The molecule has 0 spiro atoms. The number of amides is 1. The molecule has 3 aromatic rings. The molecule has 3 rings (SSSR count). The standard InChI is InChI=1S/C22H15ClFNO4/c23-16-8-11-18(19(24)12-16)22(28)29-13-20(26)14-6-9-17(10-7-14)25-21(27)15-4-2-1-3-5-15/h1-12H,13H2,(H,25,27). The molecule has 0 aromatic heterocycles. The van der Waals surface area contributed by atoms with Crippen molar-refractivity contribution in [1.82, 2.24) is 0 Å². The van der Waals surface area contributed by atoms with Crippen LogP contribution in [0.3, 0.4) is 0 Å². The van der Waals surface area contributed by atoms with Crippen LogP contribution in [-0.4, -0.2) is 24.3 Å². The summed E-state index contributed by atoms with van der Waals surface area (Å²) in [7, 11) is 0. The van der Waals surface area contributed by atoms with Crippen molar-refractivity contribution < 1.29 is 23.5 Å². The highest BCUT2D eigenvalue weighted by atomic mass is 35.5. The van der Waals surface area contributed by atoms with E-state index in [2.05, 4.69) is 5.32 Å². The first kappa shape index (κ1) is 20.2. The molecule has 0 radical (unpaired) electrons. The van der Waals surface area contributed by atoms with Crippen molar-refractivity contribution in [3.8, 4) is 0 Å². The second-order valence-corrected chi connectivity index (χ2v) is 6.46. The summed E-state index contributed by atoms with van der Waals surface area (Å²) < 4.78 is 18.6. The fourth-order valence-electron chi connectivity index (χ4n) is 2.48. The first-order valence-corrected chi connectivity index (χ1v) is 8.93. The number of nitrogens with one attached hydrogen (secondary N) is 1. The number of ether oxygens (including phenoxy) is 1. The van der Waals surface area contributed by atoms with Gasteiger partial charge in [-0.25, -0.2) is 9.18 Å². The van der Waals surface area contributed by atoms with E-state index in [-0.39, 0.29) is 22.1 Å². The predicted molar refractivity (Wildman–Crippen MR) is 107 cm³/mol. The van der Waals surface area contributed by atoms with Gasteiger partial charge >= 0.3 is 5.97 Å². The van der Waals surface area contributed by atoms with Crippen molar-refractivity contribution in [2.24, 2.45) is 0 Å². The van der Waals surface area contributed by atoms with Gasteiger partial charge in [-0.3, -0.25) is 9.59 Å². The van der Waals surface area contributed by atoms with Crippen LogP contribution in [0.1, 0.15) is 31.1 Å². The summed E-state index contributed by atoms with van der Waals surface area (Å²) in [5, 5.41) is 2.87. The lowest BCUT2D eigenvalue weighted by molar-refractivity contribution is 0.0470. The quantitative estimate of drug-likeness (QED) is 0.468. The first-order valence-electron chi connectivity index (χ1n) is 8.56. The van der Waals surface area contributed by atoms with Crippen molar-refractivity contribution in [3.05, 3.63) is 100 Å². The molecular weight excluding hydrogens is 397 g/mol. The van der Waals surface area contributed by atoms with Gasteiger partial charge in [-0.2, -0.15) is 0 Å². The lowest BCUT2D eigenvalue weighted by Gasteiger charge is -2.07. The van der Waals surface area contributed by atoms with Gasteiger partial charge in [0.25, 0.3) is 5.91 Å². The van der Waals surface area contributed by atoms with Crippen LogP contribution in [0.15, 0.2) is 72.8 Å². The van der Waals surface area contributed by atoms with Gasteiger partial charge in [0.1, 0.15) is 5.82 Å². The van der Waals surface area contributed by atoms with Gasteiger partial charge in [-0.15, -0.1) is 0 Å². The van der Waals surface area contributed by atoms with Gasteiger partial charge in [0.15, 0.2) is 12.4 Å². The average molecular weight is 412 g/mol. The zero-order valence-electron chi connectivity index (χ0n) is 15.0. The lowest BCUT2D eigenvalue weighted by atomic mass is 10.1. The van der Waals surface area contributed by atoms with E-state index in [9.17, 15) is 18.8 Å². The maximum Gasteiger partial charge on any atom is 0.341 e. The van der Waals surface area contributed by atoms with E-state index in [1.165, 1.54) is 24.3 Å². The summed E-state index contributed by atoms with van der Waals surface area (Å²) in [6.45, 7) is -0.545. The van der Waals surface area contributed by atoms with Crippen LogP contribution in [0.25, 0.3) is 0 Å². The molecule has 0 saturated heterocycles. The number of hydrogen-bond acceptors (Lipinski definition) is 4. The van der Waals surface area contributed by atoms with E-state index >= 15 is 0 Å². The van der Waals surface area contributed by atoms with E-state index in [1.807, 2.05) is 6.07 Å². The summed E-state index contributed by atoms with van der Waals surface area (Å²) in [6.07, 6.45) is 0. The third-order valence-electron chi connectivity index (χ3n) is 3.99. The van der Waals surface area contributed by atoms with Gasteiger partial charge in [0, 0.05) is 21.8 Å². The molecule has 5 nitrogen and oxygen atoms in total. The minimum absolute atomic E-state index is 0.148. The van der Waals surface area contributed by atoms with Gasteiger partial charge in [-0.05, 0) is 54.6 Å². The van der Waals surface area contributed by atoms with Crippen LogP contribution in [0.2, 0.25) is 5.02 Å². The largest absolute Gasteiger partial charge is 0.454 e. The summed E-state index contributed by atoms with van der Waals surface area (Å²) in [6, 6.07) is 18.4. The molecule has 0 bridgehead atoms. The van der Waals surface area contributed by atoms with Crippen molar-refractivity contribution >= 4 is 34.9 Å². The zero-order chi connectivity index (χ0) is 20.8. The van der Waals surface area contributed by atoms with Gasteiger partial charge < -0.3 is 10.1 Å². The smallest absolute Gasteiger partial charge is 0.341 e. The second-order valence-electron chi connectivity index (χ2n) is 6.02. The summed E-state index contributed by atoms with van der Waals surface area (Å²) >= 11 is 5.64. The van der Waals surface area contributed by atoms with Crippen LogP contribution in [0.4, 0.5) is 10.1 Å². The molecule has 0 saturated carbocycles. The third-order valence-corrected chi connectivity index (χ3v) is 4.22. The number of carbonyl (C=O) groups is 3. The normalized spacial score (nSPS) is 10.3. The monoisotopic (exact) mass is 411 g/mol. The van der Waals surface area contributed by atoms with E-state index in [0.29, 0.717) is 11.3 Å². The minimum Gasteiger partial charge on any atom is -0.454 e. The fourth-order valence-corrected chi connectivity index (χ4v) is 2.64. The minimum atomic E-state index is -0.959. The van der Waals surface area contributed by atoms with Crippen LogP contribution >= 0.6 is 11.6 Å². The topological polar surface area (TPSA) is 72.5 Å². The Labute approximate surface area is 171 Å². The Kier molecular flexibility index (Phi) is 6.36. The number of anilines is 1. The van der Waals surface area contributed by atoms with Crippen molar-refractivity contribution in [2.45, 2.75) is 0 Å². The number of ketones is 1. The summed E-state index contributed by atoms with van der Waals surface area (Å²) in [5.41, 5.74) is 0.998. The Bertz CT molecular complexity index is 1050. The van der Waals surface area contributed by atoms with E-state index < -0.39 is 24.2 Å². The number of halogens is 2. The highest BCUT2D eigenvalue weighted by Gasteiger charge is 2.16. The Morgan fingerprint density at radius 3 is 2.24 bits per heavy atom. The lowest BCUT2D eigenvalue weighted by Crippen LogP contribution is -2.15. The maximum atomic E-state index is 13.7. The molecule has 0 aliphatic heterocycles. The van der Waals surface area contributed by atoms with E-state index in [4.69, 9.17) is 16.3 Å². The van der Waals surface area contributed by atoms with E-state index in [1.54, 1.807) is 36.4 Å². The number of hydrogen-bond donors (Lipinski definition) is 1. The fraction of sp³-hybridized carbons (Fsp3) is 0.0455. The number of Topliss-reactive ketones (excluding diaryl/α,β-unsaturated/α-hetero) is 1. The Balaban J connectivity index is 1.57. The second kappa shape index (κ2) is 9.12. The molecule has 0 unspecified atom stereocenters. The van der Waals surface area contributed by atoms with Gasteiger partial charge in [0.2, 0.25) is 0 Å². The molecule has 29 heavy (non-hydrogen) atoms. The van der Waals surface area contributed by atoms with Crippen molar-refractivity contribution in [1.29, 1.82) is 0 Å². The number of esters is 1. The van der Waals surface area contributed by atoms with Crippen LogP contribution in [-0.2, 0) is 4.74 Å². The van der Waals surface area contributed by atoms with Crippen LogP contribution in [0, 0.1) is 5.82 Å². The SMILES string of the molecule is O=C(COC(=O)c1ccc(Cl)cc1F)c1ccc(NC(=O)c2ccccc2)cc1. The summed E-state index contributed by atoms with van der Waals surface area (Å²) in [5.74, 6) is -2.52. The molecular formula is C22H15ClFNO4. The van der Waals surface area contributed by atoms with Crippen LogP contribution < -0.4 is 5.32 Å². The van der Waals surface area contributed by atoms with Crippen molar-refractivity contribution in [3.63, 3.8) is 0 Å². The molecule has 0 heterocycles. The Hall–Kier alpha value is -3.51. The number of carbonyl (C=O) groups excluding carboxylic acids is 3. The third kappa shape index (κ3) is 5.27.